The molecule has 130 valence electrons. The Morgan fingerprint density at radius 3 is 2.71 bits per heavy atom. The third-order valence-electron chi connectivity index (χ3n) is 3.64. The van der Waals surface area contributed by atoms with E-state index in [0.717, 1.165) is 16.4 Å². The molecule has 1 amide bonds. The Kier molecular flexibility index (Phi) is 5.37. The third kappa shape index (κ3) is 3.99. The van der Waals surface area contributed by atoms with E-state index in [1.165, 1.54) is 10.9 Å². The topological polar surface area (TPSA) is 108 Å². The zero-order chi connectivity index (χ0) is 17.9. The van der Waals surface area contributed by atoms with Gasteiger partial charge in [0, 0.05) is 19.3 Å². The zero-order valence-corrected chi connectivity index (χ0v) is 15.3. The summed E-state index contributed by atoms with van der Waals surface area (Å²) in [7, 11) is 0. The van der Waals surface area contributed by atoms with E-state index in [4.69, 9.17) is 0 Å². The van der Waals surface area contributed by atoms with Crippen molar-refractivity contribution in [3.8, 4) is 0 Å². The van der Waals surface area contributed by atoms with Crippen molar-refractivity contribution in [1.82, 2.24) is 24.9 Å². The highest BCUT2D eigenvalue weighted by Crippen LogP contribution is 2.18. The van der Waals surface area contributed by atoms with E-state index in [-0.39, 0.29) is 11.6 Å². The normalized spacial score (nSPS) is 11.5. The van der Waals surface area contributed by atoms with Gasteiger partial charge >= 0.3 is 5.69 Å². The number of halogens is 1. The number of hydrogen-bond donors (Lipinski definition) is 1. The Hall–Kier alpha value is -2.23. The molecule has 0 unspecified atom stereocenters. The standard InChI is InChI=1S/C14H19BrN6O3/c1-10-12(15)9-19(18-10)6-4-5-16-13(22)14(2,3)20-8-11(7-17-20)21(23)24/h7-9H,4-6H2,1-3H3,(H,16,22). The van der Waals surface area contributed by atoms with Crippen LogP contribution in [0.25, 0.3) is 0 Å². The summed E-state index contributed by atoms with van der Waals surface area (Å²) in [5, 5.41) is 21.8. The molecule has 0 aliphatic rings. The number of aromatic nitrogens is 4. The van der Waals surface area contributed by atoms with E-state index in [1.54, 1.807) is 13.8 Å². The van der Waals surface area contributed by atoms with Crippen molar-refractivity contribution in [1.29, 1.82) is 0 Å². The predicted molar refractivity (Wildman–Crippen MR) is 90.5 cm³/mol. The number of rotatable bonds is 7. The van der Waals surface area contributed by atoms with Crippen LogP contribution in [0.2, 0.25) is 0 Å². The average molecular weight is 399 g/mol. The van der Waals surface area contributed by atoms with Gasteiger partial charge in [-0.25, -0.2) is 0 Å². The lowest BCUT2D eigenvalue weighted by Crippen LogP contribution is -2.45. The van der Waals surface area contributed by atoms with Gasteiger partial charge in [-0.15, -0.1) is 0 Å². The van der Waals surface area contributed by atoms with Crippen LogP contribution in [0, 0.1) is 17.0 Å². The molecule has 0 bridgehead atoms. The summed E-state index contributed by atoms with van der Waals surface area (Å²) < 4.78 is 4.06. The lowest BCUT2D eigenvalue weighted by molar-refractivity contribution is -0.385. The highest BCUT2D eigenvalue weighted by molar-refractivity contribution is 9.10. The number of hydrogen-bond acceptors (Lipinski definition) is 5. The van der Waals surface area contributed by atoms with Gasteiger partial charge in [0.2, 0.25) is 5.91 Å². The first kappa shape index (κ1) is 18.1. The van der Waals surface area contributed by atoms with E-state index < -0.39 is 10.5 Å². The minimum absolute atomic E-state index is 0.143. The fourth-order valence-electron chi connectivity index (χ4n) is 2.08. The molecule has 0 aliphatic carbocycles. The first-order chi connectivity index (χ1) is 11.2. The van der Waals surface area contributed by atoms with Crippen LogP contribution in [0.5, 0.6) is 0 Å². The van der Waals surface area contributed by atoms with Gasteiger partial charge in [0.25, 0.3) is 0 Å². The van der Waals surface area contributed by atoms with Gasteiger partial charge < -0.3 is 5.32 Å². The number of amides is 1. The van der Waals surface area contributed by atoms with Crippen LogP contribution >= 0.6 is 15.9 Å². The predicted octanol–water partition coefficient (Wildman–Crippen LogP) is 2.00. The first-order valence-corrected chi connectivity index (χ1v) is 8.18. The lowest BCUT2D eigenvalue weighted by atomic mass is 10.1. The quantitative estimate of drug-likeness (QED) is 0.435. The fourth-order valence-corrected chi connectivity index (χ4v) is 2.40. The first-order valence-electron chi connectivity index (χ1n) is 7.39. The molecule has 0 atom stereocenters. The Labute approximate surface area is 147 Å². The zero-order valence-electron chi connectivity index (χ0n) is 13.7. The van der Waals surface area contributed by atoms with Crippen molar-refractivity contribution in [2.75, 3.05) is 6.54 Å². The monoisotopic (exact) mass is 398 g/mol. The number of nitrogens with one attached hydrogen (secondary N) is 1. The molecule has 10 heteroatoms. The Morgan fingerprint density at radius 2 is 2.17 bits per heavy atom. The molecule has 2 heterocycles. The van der Waals surface area contributed by atoms with Gasteiger partial charge in [-0.1, -0.05) is 0 Å². The molecule has 0 aliphatic heterocycles. The Morgan fingerprint density at radius 1 is 1.46 bits per heavy atom. The molecule has 0 saturated carbocycles. The maximum atomic E-state index is 12.3. The van der Waals surface area contributed by atoms with Crippen molar-refractivity contribution in [3.63, 3.8) is 0 Å². The maximum Gasteiger partial charge on any atom is 0.307 e. The molecule has 0 aromatic carbocycles. The largest absolute Gasteiger partial charge is 0.354 e. The van der Waals surface area contributed by atoms with Crippen molar-refractivity contribution in [3.05, 3.63) is 38.9 Å². The summed E-state index contributed by atoms with van der Waals surface area (Å²) in [5.41, 5.74) is -0.240. The highest BCUT2D eigenvalue weighted by Gasteiger charge is 2.31. The van der Waals surface area contributed by atoms with E-state index in [1.807, 2.05) is 17.8 Å². The van der Waals surface area contributed by atoms with Gasteiger partial charge in [0.05, 0.1) is 15.1 Å². The molecule has 2 aromatic heterocycles. The number of carbonyl (C=O) groups excluding carboxylic acids is 1. The van der Waals surface area contributed by atoms with E-state index in [2.05, 4.69) is 31.4 Å². The molecule has 9 nitrogen and oxygen atoms in total. The summed E-state index contributed by atoms with van der Waals surface area (Å²) in [5.74, 6) is -0.252. The molecular formula is C14H19BrN6O3. The summed E-state index contributed by atoms with van der Waals surface area (Å²) in [6, 6.07) is 0. The van der Waals surface area contributed by atoms with Gasteiger partial charge in [0.15, 0.2) is 0 Å². The molecule has 0 radical (unpaired) electrons. The number of nitro groups is 1. The summed E-state index contributed by atoms with van der Waals surface area (Å²) in [6.45, 7) is 6.39. The smallest absolute Gasteiger partial charge is 0.307 e. The SMILES string of the molecule is Cc1nn(CCCNC(=O)C(C)(C)n2cc([N+](=O)[O-])cn2)cc1Br. The number of carbonyl (C=O) groups is 1. The number of aryl methyl sites for hydroxylation is 2. The van der Waals surface area contributed by atoms with Crippen LogP contribution < -0.4 is 5.32 Å². The van der Waals surface area contributed by atoms with Crippen LogP contribution in [-0.4, -0.2) is 36.9 Å². The second-order valence-electron chi connectivity index (χ2n) is 5.89. The van der Waals surface area contributed by atoms with Crippen molar-refractivity contribution < 1.29 is 9.72 Å². The van der Waals surface area contributed by atoms with E-state index in [0.29, 0.717) is 19.5 Å². The van der Waals surface area contributed by atoms with Crippen LogP contribution in [0.4, 0.5) is 5.69 Å². The molecule has 24 heavy (non-hydrogen) atoms. The summed E-state index contributed by atoms with van der Waals surface area (Å²) >= 11 is 3.40. The molecular weight excluding hydrogens is 380 g/mol. The van der Waals surface area contributed by atoms with Crippen LogP contribution in [0.3, 0.4) is 0 Å². The average Bonchev–Trinajstić information content (AvgIpc) is 3.11. The Balaban J connectivity index is 1.87. The minimum Gasteiger partial charge on any atom is -0.354 e. The second kappa shape index (κ2) is 7.12. The van der Waals surface area contributed by atoms with Gasteiger partial charge in [-0.05, 0) is 43.1 Å². The Bertz CT molecular complexity index is 732. The highest BCUT2D eigenvalue weighted by atomic mass is 79.9. The van der Waals surface area contributed by atoms with Crippen LogP contribution in [0.15, 0.2) is 23.1 Å². The molecule has 0 spiro atoms. The summed E-state index contributed by atoms with van der Waals surface area (Å²) in [6.07, 6.45) is 5.00. The molecule has 2 aromatic rings. The molecule has 0 saturated heterocycles. The molecule has 2 rings (SSSR count). The van der Waals surface area contributed by atoms with Gasteiger partial charge in [-0.3, -0.25) is 24.3 Å². The third-order valence-corrected chi connectivity index (χ3v) is 4.42. The molecule has 1 N–H and O–H groups in total. The van der Waals surface area contributed by atoms with Crippen LogP contribution in [0.1, 0.15) is 26.0 Å². The van der Waals surface area contributed by atoms with E-state index in [9.17, 15) is 14.9 Å². The lowest BCUT2D eigenvalue weighted by Gasteiger charge is -2.23. The minimum atomic E-state index is -1.01. The van der Waals surface area contributed by atoms with Crippen LogP contribution in [-0.2, 0) is 16.9 Å². The second-order valence-corrected chi connectivity index (χ2v) is 6.75. The number of nitrogens with zero attached hydrogens (tertiary/aromatic N) is 5. The van der Waals surface area contributed by atoms with E-state index >= 15 is 0 Å². The van der Waals surface area contributed by atoms with Gasteiger partial charge in [0.1, 0.15) is 17.9 Å². The van der Waals surface area contributed by atoms with Crippen molar-refractivity contribution >= 4 is 27.5 Å². The van der Waals surface area contributed by atoms with Gasteiger partial charge in [-0.2, -0.15) is 10.2 Å². The summed E-state index contributed by atoms with van der Waals surface area (Å²) in [4.78, 5) is 22.5. The fraction of sp³-hybridized carbons (Fsp3) is 0.500. The van der Waals surface area contributed by atoms with Crippen molar-refractivity contribution in [2.45, 2.75) is 39.3 Å². The maximum absolute atomic E-state index is 12.3. The van der Waals surface area contributed by atoms with Crippen molar-refractivity contribution in [2.24, 2.45) is 0 Å². The molecule has 0 fully saturated rings.